The van der Waals surface area contributed by atoms with Gasteiger partial charge in [0.25, 0.3) is 0 Å². The number of methoxy groups -OCH3 is 2. The number of carbonyl (C=O) groups is 2. The highest BCUT2D eigenvalue weighted by Gasteiger charge is 2.31. The molecule has 0 saturated carbocycles. The standard InChI is InChI=1S/C23H32FN5O5/c1-14-11-15(7-8-17(14)24)29-20(26-21(30)25-12-19(32-5)33-6)16-13-28(10-9-18(16)27-29)22(31)34-23(2,3)4/h7-8,11,19H,9-10,12-13H2,1-6H3,(H2,25,26,30). The molecule has 2 N–H and O–H groups in total. The average molecular weight is 478 g/mol. The van der Waals surface area contributed by atoms with E-state index in [9.17, 15) is 14.0 Å². The van der Waals surface area contributed by atoms with Crippen molar-refractivity contribution < 1.29 is 28.2 Å². The van der Waals surface area contributed by atoms with Crippen molar-refractivity contribution in [2.45, 2.75) is 52.6 Å². The van der Waals surface area contributed by atoms with Crippen LogP contribution in [0.25, 0.3) is 5.69 Å². The van der Waals surface area contributed by atoms with E-state index in [-0.39, 0.29) is 18.9 Å². The predicted molar refractivity (Wildman–Crippen MR) is 123 cm³/mol. The molecule has 0 fully saturated rings. The number of hydrogen-bond acceptors (Lipinski definition) is 6. The van der Waals surface area contributed by atoms with Gasteiger partial charge in [-0.1, -0.05) is 0 Å². The molecule has 0 radical (unpaired) electrons. The van der Waals surface area contributed by atoms with Crippen molar-refractivity contribution in [2.24, 2.45) is 0 Å². The van der Waals surface area contributed by atoms with Crippen molar-refractivity contribution >= 4 is 17.9 Å². The predicted octanol–water partition coefficient (Wildman–Crippen LogP) is 3.35. The van der Waals surface area contributed by atoms with Crippen LogP contribution in [0.2, 0.25) is 0 Å². The fourth-order valence-corrected chi connectivity index (χ4v) is 3.52. The van der Waals surface area contributed by atoms with Gasteiger partial charge in [-0.2, -0.15) is 5.10 Å². The maximum Gasteiger partial charge on any atom is 0.410 e. The number of amides is 3. The number of fused-ring (bicyclic) bond motifs is 1. The maximum absolute atomic E-state index is 13.9. The van der Waals surface area contributed by atoms with Gasteiger partial charge in [0.05, 0.1) is 24.5 Å². The van der Waals surface area contributed by atoms with E-state index in [1.54, 1.807) is 49.4 Å². The molecule has 3 amide bonds. The van der Waals surface area contributed by atoms with Gasteiger partial charge >= 0.3 is 12.1 Å². The van der Waals surface area contributed by atoms with Crippen LogP contribution in [0.1, 0.15) is 37.6 Å². The topological polar surface area (TPSA) is 107 Å². The second kappa shape index (κ2) is 10.4. The lowest BCUT2D eigenvalue weighted by molar-refractivity contribution is -0.0970. The molecule has 1 aliphatic heterocycles. The SMILES string of the molecule is COC(CNC(=O)Nc1c2c(nn1-c1ccc(F)c(C)c1)CCN(C(=O)OC(C)(C)C)C2)OC. The summed E-state index contributed by atoms with van der Waals surface area (Å²) in [4.78, 5) is 26.9. The Morgan fingerprint density at radius 3 is 2.56 bits per heavy atom. The third kappa shape index (κ3) is 6.03. The minimum absolute atomic E-state index is 0.120. The molecule has 3 rings (SSSR count). The minimum atomic E-state index is -0.632. The first-order valence-electron chi connectivity index (χ1n) is 11.0. The summed E-state index contributed by atoms with van der Waals surface area (Å²) in [6.45, 7) is 7.82. The molecule has 0 unspecified atom stereocenters. The second-order valence-electron chi connectivity index (χ2n) is 9.01. The maximum atomic E-state index is 13.9. The van der Waals surface area contributed by atoms with Crippen LogP contribution < -0.4 is 10.6 Å². The molecule has 0 saturated heterocycles. The highest BCUT2D eigenvalue weighted by atomic mass is 19.1. The van der Waals surface area contributed by atoms with Gasteiger partial charge in [-0.05, 0) is 51.5 Å². The van der Waals surface area contributed by atoms with Crippen LogP contribution in [-0.4, -0.2) is 66.0 Å². The number of ether oxygens (including phenoxy) is 3. The summed E-state index contributed by atoms with van der Waals surface area (Å²) in [6.07, 6.45) is -0.568. The largest absolute Gasteiger partial charge is 0.444 e. The van der Waals surface area contributed by atoms with Crippen LogP contribution in [0, 0.1) is 12.7 Å². The molecule has 0 bridgehead atoms. The molecule has 186 valence electrons. The summed E-state index contributed by atoms with van der Waals surface area (Å²) in [5.74, 6) is 0.0485. The zero-order chi connectivity index (χ0) is 25.0. The monoisotopic (exact) mass is 477 g/mol. The average Bonchev–Trinajstić information content (AvgIpc) is 3.12. The Bertz CT molecular complexity index is 1050. The smallest absolute Gasteiger partial charge is 0.410 e. The number of hydrogen-bond donors (Lipinski definition) is 2. The lowest BCUT2D eigenvalue weighted by Crippen LogP contribution is -2.40. The first-order valence-corrected chi connectivity index (χ1v) is 11.0. The van der Waals surface area contributed by atoms with Crippen LogP contribution in [0.5, 0.6) is 0 Å². The molecular formula is C23H32FN5O5. The first kappa shape index (κ1) is 25.4. The Labute approximate surface area is 198 Å². The van der Waals surface area contributed by atoms with Gasteiger partial charge in [-0.15, -0.1) is 0 Å². The Hall–Kier alpha value is -3.18. The molecular weight excluding hydrogens is 445 g/mol. The van der Waals surface area contributed by atoms with Gasteiger partial charge in [0.2, 0.25) is 0 Å². The van der Waals surface area contributed by atoms with Crippen LogP contribution in [0.15, 0.2) is 18.2 Å². The second-order valence-corrected chi connectivity index (χ2v) is 9.01. The number of carbonyl (C=O) groups excluding carboxylic acids is 2. The molecule has 2 aromatic rings. The molecule has 1 aliphatic rings. The lowest BCUT2D eigenvalue weighted by Gasteiger charge is -2.29. The van der Waals surface area contributed by atoms with Gasteiger partial charge in [0, 0.05) is 32.7 Å². The Kier molecular flexibility index (Phi) is 7.78. The normalized spacial score (nSPS) is 13.6. The molecule has 1 aromatic carbocycles. The van der Waals surface area contributed by atoms with Crippen molar-refractivity contribution in [1.29, 1.82) is 0 Å². The Morgan fingerprint density at radius 2 is 1.94 bits per heavy atom. The van der Waals surface area contributed by atoms with E-state index >= 15 is 0 Å². The lowest BCUT2D eigenvalue weighted by atomic mass is 10.1. The molecule has 2 heterocycles. The molecule has 1 aromatic heterocycles. The number of nitrogens with one attached hydrogen (secondary N) is 2. The van der Waals surface area contributed by atoms with E-state index < -0.39 is 24.0 Å². The van der Waals surface area contributed by atoms with Crippen LogP contribution in [0.3, 0.4) is 0 Å². The first-order chi connectivity index (χ1) is 16.0. The quantitative estimate of drug-likeness (QED) is 0.618. The van der Waals surface area contributed by atoms with E-state index in [4.69, 9.17) is 14.2 Å². The van der Waals surface area contributed by atoms with Crippen LogP contribution in [0.4, 0.5) is 19.8 Å². The number of anilines is 1. The molecule has 34 heavy (non-hydrogen) atoms. The van der Waals surface area contributed by atoms with Crippen molar-refractivity contribution in [3.8, 4) is 5.69 Å². The molecule has 0 atom stereocenters. The number of rotatable bonds is 6. The van der Waals surface area contributed by atoms with E-state index in [0.717, 1.165) is 5.69 Å². The molecule has 0 spiro atoms. The van der Waals surface area contributed by atoms with Crippen molar-refractivity contribution in [1.82, 2.24) is 20.0 Å². The minimum Gasteiger partial charge on any atom is -0.444 e. The van der Waals surface area contributed by atoms with Crippen LogP contribution in [-0.2, 0) is 27.2 Å². The van der Waals surface area contributed by atoms with E-state index in [0.29, 0.717) is 35.6 Å². The zero-order valence-corrected chi connectivity index (χ0v) is 20.4. The van der Waals surface area contributed by atoms with E-state index in [1.807, 2.05) is 0 Å². The molecule has 0 aliphatic carbocycles. The number of nitrogens with zero attached hydrogens (tertiary/aromatic N) is 3. The van der Waals surface area contributed by atoms with Gasteiger partial charge in [-0.25, -0.2) is 18.7 Å². The van der Waals surface area contributed by atoms with Crippen molar-refractivity contribution in [3.63, 3.8) is 0 Å². The van der Waals surface area contributed by atoms with Gasteiger partial charge in [0.15, 0.2) is 6.29 Å². The van der Waals surface area contributed by atoms with Crippen molar-refractivity contribution in [3.05, 3.63) is 40.8 Å². The summed E-state index contributed by atoms with van der Waals surface area (Å²) in [7, 11) is 2.95. The fraction of sp³-hybridized carbons (Fsp3) is 0.522. The summed E-state index contributed by atoms with van der Waals surface area (Å²) < 4.78 is 31.1. The molecule has 11 heteroatoms. The highest BCUT2D eigenvalue weighted by Crippen LogP contribution is 2.30. The third-order valence-corrected chi connectivity index (χ3v) is 5.26. The highest BCUT2D eigenvalue weighted by molar-refractivity contribution is 5.90. The number of urea groups is 1. The number of benzene rings is 1. The summed E-state index contributed by atoms with van der Waals surface area (Å²) in [6, 6.07) is 4.08. The summed E-state index contributed by atoms with van der Waals surface area (Å²) in [5, 5.41) is 10.2. The van der Waals surface area contributed by atoms with E-state index in [1.165, 1.54) is 20.3 Å². The summed E-state index contributed by atoms with van der Waals surface area (Å²) in [5.41, 5.74) is 1.82. The Morgan fingerprint density at radius 1 is 1.24 bits per heavy atom. The van der Waals surface area contributed by atoms with Gasteiger partial charge in [-0.3, -0.25) is 5.32 Å². The van der Waals surface area contributed by atoms with Gasteiger partial charge < -0.3 is 24.4 Å². The fourth-order valence-electron chi connectivity index (χ4n) is 3.52. The Balaban J connectivity index is 1.92. The third-order valence-electron chi connectivity index (χ3n) is 5.26. The van der Waals surface area contributed by atoms with Crippen molar-refractivity contribution in [2.75, 3.05) is 32.6 Å². The number of aryl methyl sites for hydroxylation is 1. The molecule has 10 nitrogen and oxygen atoms in total. The number of aromatic nitrogens is 2. The zero-order valence-electron chi connectivity index (χ0n) is 20.4. The van der Waals surface area contributed by atoms with E-state index in [2.05, 4.69) is 15.7 Å². The number of halogens is 1. The summed E-state index contributed by atoms with van der Waals surface area (Å²) >= 11 is 0. The van der Waals surface area contributed by atoms with Gasteiger partial charge in [0.1, 0.15) is 17.2 Å². The van der Waals surface area contributed by atoms with Crippen LogP contribution >= 0.6 is 0 Å².